The SMILES string of the molecule is N#CCCC(C#N)CN1CCN(c2ccc(C(F)(F)F)cn2)CC1. The van der Waals surface area contributed by atoms with Crippen LogP contribution in [-0.4, -0.2) is 42.6 Å². The lowest BCUT2D eigenvalue weighted by Gasteiger charge is -2.36. The summed E-state index contributed by atoms with van der Waals surface area (Å²) < 4.78 is 37.6. The van der Waals surface area contributed by atoms with E-state index in [4.69, 9.17) is 10.5 Å². The molecule has 0 aliphatic carbocycles. The van der Waals surface area contributed by atoms with Crippen LogP contribution in [0.3, 0.4) is 0 Å². The molecule has 1 aliphatic heterocycles. The van der Waals surface area contributed by atoms with Crippen molar-refractivity contribution >= 4 is 5.82 Å². The molecule has 0 saturated carbocycles. The molecule has 1 aliphatic rings. The van der Waals surface area contributed by atoms with Gasteiger partial charge in [-0.25, -0.2) is 4.98 Å². The predicted molar refractivity (Wildman–Crippen MR) is 81.8 cm³/mol. The van der Waals surface area contributed by atoms with Crippen molar-refractivity contribution in [2.75, 3.05) is 37.6 Å². The van der Waals surface area contributed by atoms with E-state index >= 15 is 0 Å². The van der Waals surface area contributed by atoms with Gasteiger partial charge < -0.3 is 4.90 Å². The number of nitrogens with zero attached hydrogens (tertiary/aromatic N) is 5. The molecule has 1 atom stereocenters. The molecule has 0 bridgehead atoms. The quantitative estimate of drug-likeness (QED) is 0.826. The van der Waals surface area contributed by atoms with Crippen LogP contribution in [0.15, 0.2) is 18.3 Å². The molecular weight excluding hydrogens is 319 g/mol. The third-order valence-electron chi connectivity index (χ3n) is 4.04. The minimum absolute atomic E-state index is 0.166. The van der Waals surface area contributed by atoms with Crippen molar-refractivity contribution in [3.8, 4) is 12.1 Å². The Balaban J connectivity index is 1.86. The molecule has 1 aromatic rings. The number of halogens is 3. The zero-order valence-corrected chi connectivity index (χ0v) is 13.1. The molecule has 24 heavy (non-hydrogen) atoms. The van der Waals surface area contributed by atoms with Gasteiger partial charge in [-0.3, -0.25) is 4.90 Å². The zero-order valence-electron chi connectivity index (χ0n) is 13.1. The van der Waals surface area contributed by atoms with Crippen LogP contribution in [0.25, 0.3) is 0 Å². The monoisotopic (exact) mass is 337 g/mol. The molecule has 0 N–H and O–H groups in total. The van der Waals surface area contributed by atoms with Crippen molar-refractivity contribution in [3.05, 3.63) is 23.9 Å². The van der Waals surface area contributed by atoms with Gasteiger partial charge in [0.2, 0.25) is 0 Å². The Kier molecular flexibility index (Phi) is 5.99. The number of piperazine rings is 1. The Morgan fingerprint density at radius 3 is 2.38 bits per heavy atom. The van der Waals surface area contributed by atoms with Crippen LogP contribution in [0, 0.1) is 28.6 Å². The molecule has 8 heteroatoms. The first-order valence-corrected chi connectivity index (χ1v) is 7.71. The third-order valence-corrected chi connectivity index (χ3v) is 4.04. The van der Waals surface area contributed by atoms with Crippen molar-refractivity contribution in [3.63, 3.8) is 0 Å². The Bertz CT molecular complexity index is 607. The second-order valence-corrected chi connectivity index (χ2v) is 5.71. The molecule has 2 rings (SSSR count). The van der Waals surface area contributed by atoms with Crippen LogP contribution in [0.5, 0.6) is 0 Å². The van der Waals surface area contributed by atoms with Gasteiger partial charge in [0.05, 0.1) is 23.6 Å². The number of anilines is 1. The lowest BCUT2D eigenvalue weighted by atomic mass is 10.0. The van der Waals surface area contributed by atoms with Crippen LogP contribution >= 0.6 is 0 Å². The third kappa shape index (κ3) is 4.84. The van der Waals surface area contributed by atoms with E-state index in [2.05, 4.69) is 16.0 Å². The Morgan fingerprint density at radius 2 is 1.88 bits per heavy atom. The summed E-state index contributed by atoms with van der Waals surface area (Å²) in [6, 6.07) is 6.71. The summed E-state index contributed by atoms with van der Waals surface area (Å²) in [5.74, 6) is 0.365. The van der Waals surface area contributed by atoms with Crippen LogP contribution < -0.4 is 4.90 Å². The average molecular weight is 337 g/mol. The second-order valence-electron chi connectivity index (χ2n) is 5.71. The summed E-state index contributed by atoms with van der Waals surface area (Å²) in [6.07, 6.45) is -2.59. The maximum atomic E-state index is 12.5. The number of nitriles is 2. The maximum absolute atomic E-state index is 12.5. The number of aromatic nitrogens is 1. The number of alkyl halides is 3. The molecule has 1 fully saturated rings. The predicted octanol–water partition coefficient (Wildman–Crippen LogP) is 2.67. The molecule has 0 amide bonds. The van der Waals surface area contributed by atoms with Gasteiger partial charge in [-0.1, -0.05) is 0 Å². The highest BCUT2D eigenvalue weighted by Gasteiger charge is 2.31. The number of hydrogen-bond acceptors (Lipinski definition) is 5. The van der Waals surface area contributed by atoms with Crippen molar-refractivity contribution in [1.82, 2.24) is 9.88 Å². The first kappa shape index (κ1) is 18.0. The van der Waals surface area contributed by atoms with E-state index in [1.54, 1.807) is 0 Å². The maximum Gasteiger partial charge on any atom is 0.417 e. The van der Waals surface area contributed by atoms with Crippen LogP contribution in [0.1, 0.15) is 18.4 Å². The highest BCUT2D eigenvalue weighted by Crippen LogP contribution is 2.29. The molecular formula is C16H18F3N5. The van der Waals surface area contributed by atoms with Gasteiger partial charge in [-0.15, -0.1) is 0 Å². The van der Waals surface area contributed by atoms with Crippen molar-refractivity contribution in [1.29, 1.82) is 10.5 Å². The summed E-state index contributed by atoms with van der Waals surface area (Å²) in [5.41, 5.74) is -0.751. The first-order chi connectivity index (χ1) is 11.4. The molecule has 1 aromatic heterocycles. The van der Waals surface area contributed by atoms with E-state index in [0.717, 1.165) is 12.3 Å². The number of hydrogen-bond donors (Lipinski definition) is 0. The Labute approximate surface area is 138 Å². The van der Waals surface area contributed by atoms with Gasteiger partial charge in [0, 0.05) is 45.3 Å². The normalized spacial score (nSPS) is 17.1. The summed E-state index contributed by atoms with van der Waals surface area (Å²) in [6.45, 7) is 3.34. The standard InChI is InChI=1S/C16H18F3N5/c17-16(18,19)14-3-4-15(22-11-14)24-8-6-23(7-9-24)12-13(10-21)2-1-5-20/h3-4,11,13H,1-2,6-9,12H2. The minimum Gasteiger partial charge on any atom is -0.354 e. The fraction of sp³-hybridized carbons (Fsp3) is 0.562. The minimum atomic E-state index is -4.38. The van der Waals surface area contributed by atoms with E-state index < -0.39 is 11.7 Å². The summed E-state index contributed by atoms with van der Waals surface area (Å²) in [4.78, 5) is 7.99. The van der Waals surface area contributed by atoms with Gasteiger partial charge in [0.1, 0.15) is 5.82 Å². The highest BCUT2D eigenvalue weighted by atomic mass is 19.4. The van der Waals surface area contributed by atoms with Gasteiger partial charge in [0.25, 0.3) is 0 Å². The van der Waals surface area contributed by atoms with E-state index in [9.17, 15) is 13.2 Å². The molecule has 128 valence electrons. The van der Waals surface area contributed by atoms with Crippen LogP contribution in [0.4, 0.5) is 19.0 Å². The first-order valence-electron chi connectivity index (χ1n) is 7.71. The largest absolute Gasteiger partial charge is 0.417 e. The summed E-state index contributed by atoms with van der Waals surface area (Å²) in [7, 11) is 0. The van der Waals surface area contributed by atoms with Gasteiger partial charge in [-0.2, -0.15) is 23.7 Å². The average Bonchev–Trinajstić information content (AvgIpc) is 2.58. The molecule has 2 heterocycles. The van der Waals surface area contributed by atoms with Crippen molar-refractivity contribution < 1.29 is 13.2 Å². The van der Waals surface area contributed by atoms with E-state index in [1.807, 2.05) is 11.0 Å². The molecule has 5 nitrogen and oxygen atoms in total. The molecule has 1 unspecified atom stereocenters. The summed E-state index contributed by atoms with van der Waals surface area (Å²) in [5, 5.41) is 17.7. The molecule has 0 aromatic carbocycles. The Morgan fingerprint density at radius 1 is 1.17 bits per heavy atom. The fourth-order valence-corrected chi connectivity index (χ4v) is 2.65. The lowest BCUT2D eigenvalue weighted by Crippen LogP contribution is -2.48. The fourth-order valence-electron chi connectivity index (χ4n) is 2.65. The van der Waals surface area contributed by atoms with E-state index in [0.29, 0.717) is 51.4 Å². The van der Waals surface area contributed by atoms with E-state index in [-0.39, 0.29) is 5.92 Å². The molecule has 0 radical (unpaired) electrons. The van der Waals surface area contributed by atoms with Crippen LogP contribution in [-0.2, 0) is 6.18 Å². The number of rotatable bonds is 5. The Hall–Kier alpha value is -2.32. The highest BCUT2D eigenvalue weighted by molar-refractivity contribution is 5.40. The van der Waals surface area contributed by atoms with Crippen molar-refractivity contribution in [2.24, 2.45) is 5.92 Å². The van der Waals surface area contributed by atoms with Crippen LogP contribution in [0.2, 0.25) is 0 Å². The summed E-state index contributed by atoms with van der Waals surface area (Å²) >= 11 is 0. The van der Waals surface area contributed by atoms with Gasteiger partial charge in [-0.05, 0) is 18.6 Å². The molecule has 1 saturated heterocycles. The molecule has 0 spiro atoms. The van der Waals surface area contributed by atoms with Gasteiger partial charge >= 0.3 is 6.18 Å². The number of pyridine rings is 1. The smallest absolute Gasteiger partial charge is 0.354 e. The van der Waals surface area contributed by atoms with E-state index in [1.165, 1.54) is 6.07 Å². The zero-order chi connectivity index (χ0) is 17.6. The van der Waals surface area contributed by atoms with Crippen molar-refractivity contribution in [2.45, 2.75) is 19.0 Å². The topological polar surface area (TPSA) is 67.0 Å². The lowest BCUT2D eigenvalue weighted by molar-refractivity contribution is -0.137. The second kappa shape index (κ2) is 7.98. The van der Waals surface area contributed by atoms with Gasteiger partial charge in [0.15, 0.2) is 0 Å².